The maximum atomic E-state index is 13.6. The van der Waals surface area contributed by atoms with Gasteiger partial charge in [0, 0.05) is 23.6 Å². The number of carbonyl (C=O) groups excluding carboxylic acids is 1. The second-order valence-corrected chi connectivity index (χ2v) is 9.64. The first-order valence-electron chi connectivity index (χ1n) is 9.65. The molecular formula is C23H23FN2O3S2. The molecule has 8 heteroatoms. The van der Waals surface area contributed by atoms with Crippen LogP contribution in [0.4, 0.5) is 10.1 Å². The molecule has 5 nitrogen and oxygen atoms in total. The Morgan fingerprint density at radius 2 is 1.71 bits per heavy atom. The molecule has 2 N–H and O–H groups in total. The topological polar surface area (TPSA) is 75.3 Å². The maximum absolute atomic E-state index is 13.6. The van der Waals surface area contributed by atoms with Gasteiger partial charge in [0.1, 0.15) is 5.82 Å². The lowest BCUT2D eigenvalue weighted by molar-refractivity contribution is 0.0956. The van der Waals surface area contributed by atoms with Crippen molar-refractivity contribution >= 4 is 33.4 Å². The van der Waals surface area contributed by atoms with E-state index >= 15 is 0 Å². The molecule has 0 heterocycles. The van der Waals surface area contributed by atoms with Gasteiger partial charge in [-0.15, -0.1) is 0 Å². The van der Waals surface area contributed by atoms with Gasteiger partial charge in [-0.25, -0.2) is 12.8 Å². The van der Waals surface area contributed by atoms with Gasteiger partial charge in [0.15, 0.2) is 0 Å². The number of sulfonamides is 1. The minimum atomic E-state index is -3.70. The molecule has 0 aromatic heterocycles. The number of rotatable bonds is 9. The number of hydrogen-bond donors (Lipinski definition) is 2. The molecule has 0 unspecified atom stereocenters. The molecule has 0 bridgehead atoms. The van der Waals surface area contributed by atoms with Crippen LogP contribution in [0, 0.1) is 12.7 Å². The lowest BCUT2D eigenvalue weighted by atomic mass is 10.1. The number of nitrogens with one attached hydrogen (secondary N) is 2. The van der Waals surface area contributed by atoms with Crippen molar-refractivity contribution in [2.24, 2.45) is 0 Å². The summed E-state index contributed by atoms with van der Waals surface area (Å²) in [6, 6.07) is 19.5. The molecule has 0 aliphatic carbocycles. The van der Waals surface area contributed by atoms with Crippen molar-refractivity contribution in [3.8, 4) is 0 Å². The van der Waals surface area contributed by atoms with Crippen molar-refractivity contribution in [2.75, 3.05) is 17.0 Å². The first kappa shape index (κ1) is 22.8. The number of anilines is 1. The molecule has 0 saturated carbocycles. The second-order valence-electron chi connectivity index (χ2n) is 6.85. The van der Waals surface area contributed by atoms with E-state index in [2.05, 4.69) is 10.0 Å². The summed E-state index contributed by atoms with van der Waals surface area (Å²) < 4.78 is 41.1. The highest BCUT2D eigenvalue weighted by Crippen LogP contribution is 2.21. The van der Waals surface area contributed by atoms with Crippen molar-refractivity contribution in [2.45, 2.75) is 17.6 Å². The van der Waals surface area contributed by atoms with E-state index in [4.69, 9.17) is 0 Å². The molecule has 1 amide bonds. The molecule has 3 aromatic carbocycles. The number of amides is 1. The van der Waals surface area contributed by atoms with Crippen LogP contribution in [-0.2, 0) is 15.8 Å². The highest BCUT2D eigenvalue weighted by atomic mass is 32.2. The number of hydrogen-bond acceptors (Lipinski definition) is 4. The standard InChI is InChI=1S/C23H23FN2O3S2/c1-17-15-18(11-12-22(17)26-31(28,29)20-8-3-2-4-9-20)23(27)25-13-14-30-16-19-7-5-6-10-21(19)24/h2-12,15,26H,13-14,16H2,1H3,(H,25,27). The molecule has 0 fully saturated rings. The number of halogens is 1. The van der Waals surface area contributed by atoms with E-state index in [9.17, 15) is 17.6 Å². The van der Waals surface area contributed by atoms with Gasteiger partial charge >= 0.3 is 0 Å². The van der Waals surface area contributed by atoms with Crippen molar-refractivity contribution in [3.05, 3.63) is 95.3 Å². The summed E-state index contributed by atoms with van der Waals surface area (Å²) in [6.07, 6.45) is 0. The molecule has 0 radical (unpaired) electrons. The van der Waals surface area contributed by atoms with E-state index in [1.54, 1.807) is 61.5 Å². The molecule has 0 atom stereocenters. The molecular weight excluding hydrogens is 435 g/mol. The third kappa shape index (κ3) is 6.32. The van der Waals surface area contributed by atoms with Crippen molar-refractivity contribution < 1.29 is 17.6 Å². The first-order chi connectivity index (χ1) is 14.9. The van der Waals surface area contributed by atoms with Crippen molar-refractivity contribution in [1.82, 2.24) is 5.32 Å². The summed E-state index contributed by atoms with van der Waals surface area (Å²) in [6.45, 7) is 2.18. The fourth-order valence-corrected chi connectivity index (χ4v) is 4.86. The molecule has 31 heavy (non-hydrogen) atoms. The average Bonchev–Trinajstić information content (AvgIpc) is 2.76. The second kappa shape index (κ2) is 10.5. The Kier molecular flexibility index (Phi) is 7.70. The van der Waals surface area contributed by atoms with Crippen LogP contribution < -0.4 is 10.0 Å². The lowest BCUT2D eigenvalue weighted by Gasteiger charge is -2.12. The van der Waals surface area contributed by atoms with E-state index in [0.717, 1.165) is 0 Å². The summed E-state index contributed by atoms with van der Waals surface area (Å²) in [7, 11) is -3.70. The van der Waals surface area contributed by atoms with Crippen LogP contribution in [0.25, 0.3) is 0 Å². The van der Waals surface area contributed by atoms with E-state index in [0.29, 0.717) is 40.4 Å². The largest absolute Gasteiger partial charge is 0.351 e. The molecule has 0 aliphatic heterocycles. The zero-order valence-electron chi connectivity index (χ0n) is 17.0. The van der Waals surface area contributed by atoms with Crippen LogP contribution in [0.15, 0.2) is 77.7 Å². The zero-order valence-corrected chi connectivity index (χ0v) is 18.6. The zero-order chi connectivity index (χ0) is 22.3. The van der Waals surface area contributed by atoms with Crippen molar-refractivity contribution in [3.63, 3.8) is 0 Å². The highest BCUT2D eigenvalue weighted by Gasteiger charge is 2.15. The van der Waals surface area contributed by atoms with Gasteiger partial charge in [0.2, 0.25) is 0 Å². The number of carbonyl (C=O) groups is 1. The molecule has 0 saturated heterocycles. The van der Waals surface area contributed by atoms with Crippen LogP contribution in [0.3, 0.4) is 0 Å². The van der Waals surface area contributed by atoms with E-state index in [-0.39, 0.29) is 16.6 Å². The highest BCUT2D eigenvalue weighted by molar-refractivity contribution is 7.98. The summed E-state index contributed by atoms with van der Waals surface area (Å²) in [5.74, 6) is 0.718. The van der Waals surface area contributed by atoms with Crippen LogP contribution in [0.1, 0.15) is 21.5 Å². The third-order valence-corrected chi connectivity index (χ3v) is 6.92. The van der Waals surface area contributed by atoms with Crippen LogP contribution in [0.2, 0.25) is 0 Å². The molecule has 0 aliphatic rings. The Morgan fingerprint density at radius 1 is 1.00 bits per heavy atom. The van der Waals surface area contributed by atoms with Crippen LogP contribution in [-0.4, -0.2) is 26.6 Å². The summed E-state index contributed by atoms with van der Waals surface area (Å²) in [5, 5.41) is 2.83. The predicted molar refractivity (Wildman–Crippen MR) is 123 cm³/mol. The fraction of sp³-hybridized carbons (Fsp3) is 0.174. The van der Waals surface area contributed by atoms with Crippen molar-refractivity contribution in [1.29, 1.82) is 0 Å². The first-order valence-corrected chi connectivity index (χ1v) is 12.3. The van der Waals surface area contributed by atoms with Gasteiger partial charge in [-0.05, 0) is 54.4 Å². The Hall–Kier alpha value is -2.84. The Morgan fingerprint density at radius 3 is 2.42 bits per heavy atom. The minimum absolute atomic E-state index is 0.170. The number of aryl methyl sites for hydroxylation is 1. The van der Waals surface area contributed by atoms with Gasteiger partial charge in [0.25, 0.3) is 15.9 Å². The summed E-state index contributed by atoms with van der Waals surface area (Å²) >= 11 is 1.54. The lowest BCUT2D eigenvalue weighted by Crippen LogP contribution is -2.26. The number of benzene rings is 3. The maximum Gasteiger partial charge on any atom is 0.261 e. The number of thioether (sulfide) groups is 1. The molecule has 3 aromatic rings. The van der Waals surface area contributed by atoms with Crippen LogP contribution >= 0.6 is 11.8 Å². The van der Waals surface area contributed by atoms with Gasteiger partial charge in [-0.3, -0.25) is 9.52 Å². The molecule has 0 spiro atoms. The van der Waals surface area contributed by atoms with Gasteiger partial charge < -0.3 is 5.32 Å². The van der Waals surface area contributed by atoms with Gasteiger partial charge in [-0.2, -0.15) is 11.8 Å². The Balaban J connectivity index is 1.52. The smallest absolute Gasteiger partial charge is 0.261 e. The fourth-order valence-electron chi connectivity index (χ4n) is 2.86. The molecule has 162 valence electrons. The van der Waals surface area contributed by atoms with E-state index in [1.165, 1.54) is 30.0 Å². The van der Waals surface area contributed by atoms with Gasteiger partial charge in [-0.1, -0.05) is 36.4 Å². The normalized spacial score (nSPS) is 11.2. The Bertz CT molecular complexity index is 1150. The minimum Gasteiger partial charge on any atom is -0.351 e. The van der Waals surface area contributed by atoms with Crippen LogP contribution in [0.5, 0.6) is 0 Å². The summed E-state index contributed by atoms with van der Waals surface area (Å²) in [5.41, 5.74) is 2.14. The Labute approximate surface area is 186 Å². The predicted octanol–water partition coefficient (Wildman–Crippen LogP) is 4.60. The van der Waals surface area contributed by atoms with E-state index in [1.807, 2.05) is 0 Å². The third-order valence-electron chi connectivity index (χ3n) is 4.53. The van der Waals surface area contributed by atoms with Gasteiger partial charge in [0.05, 0.1) is 10.6 Å². The quantitative estimate of drug-likeness (QED) is 0.460. The molecule has 3 rings (SSSR count). The average molecular weight is 459 g/mol. The SMILES string of the molecule is Cc1cc(C(=O)NCCSCc2ccccc2F)ccc1NS(=O)(=O)c1ccccc1. The monoisotopic (exact) mass is 458 g/mol. The van der Waals surface area contributed by atoms with E-state index < -0.39 is 10.0 Å². The summed E-state index contributed by atoms with van der Waals surface area (Å²) in [4.78, 5) is 12.6.